The molecule has 250 valence electrons. The van der Waals surface area contributed by atoms with E-state index in [1.54, 1.807) is 4.90 Å². The second-order valence-electron chi connectivity index (χ2n) is 11.4. The van der Waals surface area contributed by atoms with Gasteiger partial charge in [0.25, 0.3) is 5.91 Å². The summed E-state index contributed by atoms with van der Waals surface area (Å²) in [5.74, 6) is -2.57. The molecule has 0 fully saturated rings. The van der Waals surface area contributed by atoms with Crippen LogP contribution in [0.1, 0.15) is 46.4 Å². The quantitative estimate of drug-likeness (QED) is 0.160. The summed E-state index contributed by atoms with van der Waals surface area (Å²) in [4.78, 5) is 53.4. The monoisotopic (exact) mass is 690 g/mol. The van der Waals surface area contributed by atoms with Gasteiger partial charge in [-0.1, -0.05) is 65.7 Å². The lowest BCUT2D eigenvalue weighted by Crippen LogP contribution is -2.35. The van der Waals surface area contributed by atoms with E-state index < -0.39 is 11.9 Å². The molecule has 2 amide bonds. The number of halogens is 2. The molecule has 1 atom stereocenters. The zero-order chi connectivity index (χ0) is 34.8. The third-order valence-corrected chi connectivity index (χ3v) is 8.60. The second-order valence-corrected chi connectivity index (χ2v) is 12.2. The number of aliphatic carboxylic acids is 2. The van der Waals surface area contributed by atoms with Gasteiger partial charge in [-0.15, -0.1) is 0 Å². The number of nitrogens with zero attached hydrogens (tertiary/aromatic N) is 3. The average Bonchev–Trinajstić information content (AvgIpc) is 3.07. The Balaban J connectivity index is 0.000000579. The standard InChI is InChI=1S/C32H32Cl2N4O2.C4H4O4/c1-21(39)35-31-25-10-6-7-11-29(25)36-30-15-17-38(20-26(30)31)16-14-24(23-12-13-27(33)28(34)18-23)19-37(2)32(40)22-8-4-3-5-9-22;5-3(6)1-2-4(7)8/h3-13,18,24H,14-17,19-20H2,1-2H3,(H,35,36,39);1-2H,(H,5,6)(H,7,8)/b;2-1+. The van der Waals surface area contributed by atoms with Gasteiger partial charge in [-0.3, -0.25) is 19.5 Å². The minimum atomic E-state index is -1.26. The molecule has 4 aromatic rings. The lowest BCUT2D eigenvalue weighted by atomic mass is 9.93. The van der Waals surface area contributed by atoms with E-state index in [1.807, 2.05) is 79.8 Å². The number of aromatic nitrogens is 1. The summed E-state index contributed by atoms with van der Waals surface area (Å²) < 4.78 is 0. The van der Waals surface area contributed by atoms with Crippen LogP contribution in [-0.2, 0) is 27.3 Å². The Kier molecular flexibility index (Phi) is 12.7. The van der Waals surface area contributed by atoms with E-state index in [-0.39, 0.29) is 17.7 Å². The number of amides is 2. The topological polar surface area (TPSA) is 140 Å². The van der Waals surface area contributed by atoms with Gasteiger partial charge < -0.3 is 20.4 Å². The number of anilines is 1. The van der Waals surface area contributed by atoms with Crippen LogP contribution in [0.4, 0.5) is 5.69 Å². The van der Waals surface area contributed by atoms with Crippen molar-refractivity contribution in [3.8, 4) is 0 Å². The number of hydrogen-bond acceptors (Lipinski definition) is 6. The van der Waals surface area contributed by atoms with E-state index in [4.69, 9.17) is 38.4 Å². The first-order valence-electron chi connectivity index (χ1n) is 15.2. The first-order chi connectivity index (χ1) is 22.9. The molecule has 48 heavy (non-hydrogen) atoms. The SMILES string of the molecule is CC(=O)Nc1c2c(nc3ccccc13)CCN(CCC(CN(C)C(=O)c1ccccc1)c1ccc(Cl)c(Cl)c1)C2.O=C(O)/C=C/C(=O)O. The summed E-state index contributed by atoms with van der Waals surface area (Å²) >= 11 is 12.6. The molecule has 0 saturated heterocycles. The van der Waals surface area contributed by atoms with Crippen molar-refractivity contribution in [2.75, 3.05) is 32.0 Å². The summed E-state index contributed by atoms with van der Waals surface area (Å²) in [6.07, 6.45) is 2.73. The fourth-order valence-electron chi connectivity index (χ4n) is 5.58. The van der Waals surface area contributed by atoms with E-state index in [0.29, 0.717) is 40.9 Å². The molecular formula is C36H36Cl2N4O6. The van der Waals surface area contributed by atoms with E-state index >= 15 is 0 Å². The highest BCUT2D eigenvalue weighted by molar-refractivity contribution is 6.42. The largest absolute Gasteiger partial charge is 0.478 e. The molecule has 3 aromatic carbocycles. The molecule has 0 saturated carbocycles. The molecule has 5 rings (SSSR count). The van der Waals surface area contributed by atoms with Crippen molar-refractivity contribution in [1.82, 2.24) is 14.8 Å². The zero-order valence-electron chi connectivity index (χ0n) is 26.5. The average molecular weight is 692 g/mol. The highest BCUT2D eigenvalue weighted by Gasteiger charge is 2.25. The Hall–Kier alpha value is -4.77. The zero-order valence-corrected chi connectivity index (χ0v) is 28.0. The molecule has 1 unspecified atom stereocenters. The van der Waals surface area contributed by atoms with Crippen LogP contribution in [0.2, 0.25) is 10.0 Å². The minimum Gasteiger partial charge on any atom is -0.478 e. The second kappa shape index (κ2) is 16.9. The maximum Gasteiger partial charge on any atom is 0.328 e. The predicted octanol–water partition coefficient (Wildman–Crippen LogP) is 6.52. The molecule has 0 aliphatic carbocycles. The number of para-hydroxylation sites is 1. The highest BCUT2D eigenvalue weighted by atomic mass is 35.5. The first kappa shape index (κ1) is 36.1. The van der Waals surface area contributed by atoms with Crippen LogP contribution in [0.5, 0.6) is 0 Å². The molecule has 0 radical (unpaired) electrons. The number of carbonyl (C=O) groups is 4. The van der Waals surface area contributed by atoms with E-state index in [2.05, 4.69) is 10.2 Å². The summed E-state index contributed by atoms with van der Waals surface area (Å²) in [7, 11) is 1.84. The van der Waals surface area contributed by atoms with Gasteiger partial charge >= 0.3 is 11.9 Å². The highest BCUT2D eigenvalue weighted by Crippen LogP contribution is 2.34. The van der Waals surface area contributed by atoms with E-state index in [0.717, 1.165) is 59.3 Å². The van der Waals surface area contributed by atoms with Crippen LogP contribution in [0.3, 0.4) is 0 Å². The van der Waals surface area contributed by atoms with Gasteiger partial charge in [0.1, 0.15) is 0 Å². The van der Waals surface area contributed by atoms with Gasteiger partial charge in [0, 0.05) is 80.3 Å². The van der Waals surface area contributed by atoms with Gasteiger partial charge in [-0.2, -0.15) is 0 Å². The number of pyridine rings is 1. The van der Waals surface area contributed by atoms with Gasteiger partial charge in [0.2, 0.25) is 5.91 Å². The van der Waals surface area contributed by atoms with Gasteiger partial charge in [0.05, 0.1) is 21.2 Å². The molecular weight excluding hydrogens is 655 g/mol. The Morgan fingerprint density at radius 1 is 0.958 bits per heavy atom. The van der Waals surface area contributed by atoms with Crippen LogP contribution in [0.25, 0.3) is 10.9 Å². The van der Waals surface area contributed by atoms with Crippen LogP contribution in [0.15, 0.2) is 84.9 Å². The smallest absolute Gasteiger partial charge is 0.328 e. The van der Waals surface area contributed by atoms with Crippen molar-refractivity contribution in [3.05, 3.63) is 117 Å². The molecule has 12 heteroatoms. The lowest BCUT2D eigenvalue weighted by Gasteiger charge is -2.32. The summed E-state index contributed by atoms with van der Waals surface area (Å²) in [6.45, 7) is 4.45. The lowest BCUT2D eigenvalue weighted by molar-refractivity contribution is -0.134. The van der Waals surface area contributed by atoms with E-state index in [1.165, 1.54) is 6.92 Å². The number of nitrogens with one attached hydrogen (secondary N) is 1. The molecule has 1 aromatic heterocycles. The summed E-state index contributed by atoms with van der Waals surface area (Å²) in [6, 6.07) is 23.0. The fourth-order valence-corrected chi connectivity index (χ4v) is 5.89. The molecule has 0 bridgehead atoms. The van der Waals surface area contributed by atoms with Crippen molar-refractivity contribution in [3.63, 3.8) is 0 Å². The molecule has 0 spiro atoms. The fraction of sp³-hybridized carbons (Fsp3) is 0.250. The van der Waals surface area contributed by atoms with Crippen molar-refractivity contribution < 1.29 is 29.4 Å². The summed E-state index contributed by atoms with van der Waals surface area (Å²) in [5, 5.41) is 20.7. The molecule has 3 N–H and O–H groups in total. The number of carbonyl (C=O) groups excluding carboxylic acids is 2. The minimum absolute atomic E-state index is 0.0181. The van der Waals surface area contributed by atoms with Crippen molar-refractivity contribution in [2.45, 2.75) is 32.2 Å². The van der Waals surface area contributed by atoms with Crippen LogP contribution < -0.4 is 5.32 Å². The van der Waals surface area contributed by atoms with Gasteiger partial charge in [0.15, 0.2) is 0 Å². The Bertz CT molecular complexity index is 1820. The maximum absolute atomic E-state index is 13.1. The first-order valence-corrected chi connectivity index (χ1v) is 16.0. The van der Waals surface area contributed by atoms with Gasteiger partial charge in [-0.25, -0.2) is 9.59 Å². The molecule has 1 aliphatic rings. The molecule has 2 heterocycles. The van der Waals surface area contributed by atoms with Crippen LogP contribution in [-0.4, -0.2) is 75.4 Å². The van der Waals surface area contributed by atoms with E-state index in [9.17, 15) is 19.2 Å². The predicted molar refractivity (Wildman–Crippen MR) is 187 cm³/mol. The molecule has 1 aliphatic heterocycles. The van der Waals surface area contributed by atoms with Crippen molar-refractivity contribution >= 4 is 63.5 Å². The Morgan fingerprint density at radius 2 is 1.62 bits per heavy atom. The maximum atomic E-state index is 13.1. The summed E-state index contributed by atoms with van der Waals surface area (Å²) in [5.41, 5.74) is 5.56. The van der Waals surface area contributed by atoms with Crippen LogP contribution in [0, 0.1) is 0 Å². The van der Waals surface area contributed by atoms with Gasteiger partial charge in [-0.05, 0) is 48.9 Å². The van der Waals surface area contributed by atoms with Crippen LogP contribution >= 0.6 is 23.2 Å². The number of carboxylic acid groups (broad SMARTS) is 2. The number of carboxylic acids is 2. The number of benzene rings is 3. The number of rotatable bonds is 10. The van der Waals surface area contributed by atoms with Crippen molar-refractivity contribution in [2.24, 2.45) is 0 Å². The van der Waals surface area contributed by atoms with Crippen molar-refractivity contribution in [1.29, 1.82) is 0 Å². The Labute approximate surface area is 288 Å². The third-order valence-electron chi connectivity index (χ3n) is 7.87. The number of likely N-dealkylation sites (N-methyl/N-ethyl adjacent to an activating group) is 1. The normalized spacial score (nSPS) is 13.2. The number of fused-ring (bicyclic) bond motifs is 2. The number of hydrogen-bond donors (Lipinski definition) is 3. The third kappa shape index (κ3) is 9.87. The Morgan fingerprint density at radius 3 is 2.27 bits per heavy atom. The molecule has 10 nitrogen and oxygen atoms in total.